The van der Waals surface area contributed by atoms with Crippen LogP contribution < -0.4 is 16.0 Å². The van der Waals surface area contributed by atoms with Crippen LogP contribution in [0.15, 0.2) is 70.9 Å². The molecule has 4 aromatic rings. The fourth-order valence-corrected chi connectivity index (χ4v) is 3.24. The summed E-state index contributed by atoms with van der Waals surface area (Å²) in [6.45, 7) is 3.89. The number of fused-ring (bicyclic) bond motifs is 1. The minimum absolute atomic E-state index is 0.166. The molecule has 30 heavy (non-hydrogen) atoms. The molecule has 7 nitrogen and oxygen atoms in total. The van der Waals surface area contributed by atoms with Gasteiger partial charge >= 0.3 is 5.69 Å². The maximum absolute atomic E-state index is 13.0. The second-order valence-electron chi connectivity index (χ2n) is 6.84. The molecule has 0 saturated carbocycles. The Balaban J connectivity index is 1.80. The van der Waals surface area contributed by atoms with E-state index in [4.69, 9.17) is 4.74 Å². The molecule has 0 spiro atoms. The molecule has 2 aromatic heterocycles. The van der Waals surface area contributed by atoms with E-state index in [1.807, 2.05) is 36.4 Å². The topological polar surface area (TPSA) is 79.0 Å². The van der Waals surface area contributed by atoms with Crippen molar-refractivity contribution in [3.05, 3.63) is 93.3 Å². The van der Waals surface area contributed by atoms with Gasteiger partial charge in [-0.1, -0.05) is 36.9 Å². The molecule has 150 valence electrons. The lowest BCUT2D eigenvalue weighted by molar-refractivity contribution is 0.415. The molecule has 0 radical (unpaired) electrons. The summed E-state index contributed by atoms with van der Waals surface area (Å²) in [5.74, 6) is 1.15. The van der Waals surface area contributed by atoms with Gasteiger partial charge in [-0.2, -0.15) is 0 Å². The highest BCUT2D eigenvalue weighted by atomic mass is 16.5. The highest BCUT2D eigenvalue weighted by Gasteiger charge is 2.14. The first-order valence-corrected chi connectivity index (χ1v) is 9.34. The van der Waals surface area contributed by atoms with Gasteiger partial charge in [0, 0.05) is 18.8 Å². The third-order valence-electron chi connectivity index (χ3n) is 4.98. The van der Waals surface area contributed by atoms with Crippen molar-refractivity contribution in [2.24, 2.45) is 7.05 Å². The first kappa shape index (κ1) is 19.3. The molecule has 0 unspecified atom stereocenters. The molecular formula is C23H20N4O3. The number of nitrogens with zero attached hydrogens (tertiary/aromatic N) is 4. The third-order valence-corrected chi connectivity index (χ3v) is 4.98. The Bertz CT molecular complexity index is 1350. The number of aryl methyl sites for hydroxylation is 1. The minimum Gasteiger partial charge on any atom is -0.497 e. The quantitative estimate of drug-likeness (QED) is 0.515. The summed E-state index contributed by atoms with van der Waals surface area (Å²) >= 11 is 0. The molecule has 4 rings (SSSR count). The number of rotatable bonds is 5. The van der Waals surface area contributed by atoms with Crippen molar-refractivity contribution in [3.63, 3.8) is 0 Å². The van der Waals surface area contributed by atoms with E-state index in [9.17, 15) is 9.59 Å². The lowest BCUT2D eigenvalue weighted by Gasteiger charge is -2.11. The molecule has 0 atom stereocenters. The van der Waals surface area contributed by atoms with E-state index in [-0.39, 0.29) is 11.9 Å². The summed E-state index contributed by atoms with van der Waals surface area (Å²) in [5, 5.41) is 0.289. The van der Waals surface area contributed by atoms with E-state index in [0.29, 0.717) is 11.5 Å². The summed E-state index contributed by atoms with van der Waals surface area (Å²) in [5.41, 5.74) is 2.02. The Morgan fingerprint density at radius 2 is 1.77 bits per heavy atom. The van der Waals surface area contributed by atoms with Gasteiger partial charge in [-0.25, -0.2) is 14.8 Å². The van der Waals surface area contributed by atoms with Crippen LogP contribution in [0.5, 0.6) is 5.75 Å². The fourth-order valence-electron chi connectivity index (χ4n) is 3.24. The highest BCUT2D eigenvalue weighted by molar-refractivity contribution is 5.75. The van der Waals surface area contributed by atoms with Crippen LogP contribution in [0.3, 0.4) is 0 Å². The normalized spacial score (nSPS) is 10.9. The van der Waals surface area contributed by atoms with Crippen molar-refractivity contribution in [2.45, 2.75) is 6.54 Å². The first-order valence-electron chi connectivity index (χ1n) is 9.34. The second kappa shape index (κ2) is 7.79. The predicted octanol–water partition coefficient (Wildman–Crippen LogP) is 2.86. The molecule has 0 amide bonds. The van der Waals surface area contributed by atoms with Crippen molar-refractivity contribution in [2.75, 3.05) is 7.11 Å². The Labute approximate surface area is 172 Å². The molecule has 0 aliphatic carbocycles. The molecule has 0 aliphatic rings. The number of hydrogen-bond acceptors (Lipinski definition) is 5. The molecule has 0 fully saturated rings. The summed E-state index contributed by atoms with van der Waals surface area (Å²) < 4.78 is 7.74. The third kappa shape index (κ3) is 3.41. The zero-order valence-electron chi connectivity index (χ0n) is 16.7. The van der Waals surface area contributed by atoms with Gasteiger partial charge in [-0.05, 0) is 35.4 Å². The van der Waals surface area contributed by atoms with E-state index >= 15 is 0 Å². The van der Waals surface area contributed by atoms with Crippen LogP contribution in [0.2, 0.25) is 0 Å². The number of benzene rings is 2. The van der Waals surface area contributed by atoms with Crippen LogP contribution in [-0.2, 0) is 13.6 Å². The standard InChI is InChI=1S/C23H20N4O3/c1-4-15-5-7-16(8-6-15)14-27-22(28)19-13-24-20(25-21(19)26(2)23(27)29)17-9-11-18(30-3)12-10-17/h4-13H,1,14H2,2-3H3. The molecule has 2 heterocycles. The number of methoxy groups -OCH3 is 1. The molecule has 0 saturated heterocycles. The lowest BCUT2D eigenvalue weighted by Crippen LogP contribution is -2.39. The first-order chi connectivity index (χ1) is 14.5. The summed E-state index contributed by atoms with van der Waals surface area (Å²) in [6, 6.07) is 14.8. The monoisotopic (exact) mass is 400 g/mol. The highest BCUT2D eigenvalue weighted by Crippen LogP contribution is 2.20. The van der Waals surface area contributed by atoms with Crippen LogP contribution in [-0.4, -0.2) is 26.2 Å². The zero-order chi connectivity index (χ0) is 21.3. The van der Waals surface area contributed by atoms with E-state index in [1.54, 1.807) is 32.4 Å². The van der Waals surface area contributed by atoms with Crippen molar-refractivity contribution in [1.29, 1.82) is 0 Å². The summed E-state index contributed by atoms with van der Waals surface area (Å²) in [6.07, 6.45) is 3.21. The molecular weight excluding hydrogens is 380 g/mol. The average molecular weight is 400 g/mol. The van der Waals surface area contributed by atoms with Crippen LogP contribution in [0.4, 0.5) is 0 Å². The summed E-state index contributed by atoms with van der Waals surface area (Å²) in [7, 11) is 3.20. The van der Waals surface area contributed by atoms with E-state index in [0.717, 1.165) is 22.4 Å². The van der Waals surface area contributed by atoms with Crippen LogP contribution in [0.1, 0.15) is 11.1 Å². The molecule has 2 aromatic carbocycles. The lowest BCUT2D eigenvalue weighted by atomic mass is 10.1. The SMILES string of the molecule is C=Cc1ccc(Cn2c(=O)c3cnc(-c4ccc(OC)cc4)nc3n(C)c2=O)cc1. The largest absolute Gasteiger partial charge is 0.497 e. The summed E-state index contributed by atoms with van der Waals surface area (Å²) in [4.78, 5) is 34.7. The van der Waals surface area contributed by atoms with Crippen LogP contribution in [0, 0.1) is 0 Å². The minimum atomic E-state index is -0.431. The van der Waals surface area contributed by atoms with Gasteiger partial charge in [0.15, 0.2) is 11.5 Å². The van der Waals surface area contributed by atoms with Crippen LogP contribution >= 0.6 is 0 Å². The van der Waals surface area contributed by atoms with E-state index in [2.05, 4.69) is 16.5 Å². The Kier molecular flexibility index (Phi) is 5.02. The number of ether oxygens (including phenoxy) is 1. The Morgan fingerprint density at radius 3 is 2.40 bits per heavy atom. The van der Waals surface area contributed by atoms with Crippen molar-refractivity contribution >= 4 is 17.1 Å². The molecule has 7 heteroatoms. The van der Waals surface area contributed by atoms with Gasteiger partial charge in [0.2, 0.25) is 0 Å². The van der Waals surface area contributed by atoms with E-state index < -0.39 is 11.2 Å². The average Bonchev–Trinajstić information content (AvgIpc) is 2.80. The zero-order valence-corrected chi connectivity index (χ0v) is 16.7. The fraction of sp³-hybridized carbons (Fsp3) is 0.130. The molecule has 0 bridgehead atoms. The van der Waals surface area contributed by atoms with Gasteiger partial charge in [-0.3, -0.25) is 13.9 Å². The van der Waals surface area contributed by atoms with Crippen molar-refractivity contribution < 1.29 is 4.74 Å². The predicted molar refractivity (Wildman–Crippen MR) is 117 cm³/mol. The van der Waals surface area contributed by atoms with Gasteiger partial charge in [-0.15, -0.1) is 0 Å². The van der Waals surface area contributed by atoms with Gasteiger partial charge < -0.3 is 4.74 Å². The van der Waals surface area contributed by atoms with E-state index in [1.165, 1.54) is 15.3 Å². The van der Waals surface area contributed by atoms with Gasteiger partial charge in [0.25, 0.3) is 5.56 Å². The maximum Gasteiger partial charge on any atom is 0.332 e. The second-order valence-corrected chi connectivity index (χ2v) is 6.84. The molecule has 0 aliphatic heterocycles. The van der Waals surface area contributed by atoms with Gasteiger partial charge in [0.05, 0.1) is 13.7 Å². The van der Waals surface area contributed by atoms with Crippen molar-refractivity contribution in [3.8, 4) is 17.1 Å². The Hall–Kier alpha value is -4.00. The van der Waals surface area contributed by atoms with Crippen LogP contribution in [0.25, 0.3) is 28.5 Å². The Morgan fingerprint density at radius 1 is 1.07 bits per heavy atom. The smallest absolute Gasteiger partial charge is 0.332 e. The number of aromatic nitrogens is 4. The van der Waals surface area contributed by atoms with Crippen molar-refractivity contribution in [1.82, 2.24) is 19.1 Å². The van der Waals surface area contributed by atoms with Gasteiger partial charge in [0.1, 0.15) is 11.1 Å². The number of hydrogen-bond donors (Lipinski definition) is 0. The maximum atomic E-state index is 13.0. The molecule has 0 N–H and O–H groups in total.